The first-order valence-corrected chi connectivity index (χ1v) is 10.2. The molecule has 0 saturated heterocycles. The molecule has 2 aromatic carbocycles. The quantitative estimate of drug-likeness (QED) is 0.623. The molecule has 0 amide bonds. The fraction of sp³-hybridized carbons (Fsp3) is 0.158. The Kier molecular flexibility index (Phi) is 5.08. The summed E-state index contributed by atoms with van der Waals surface area (Å²) in [6.07, 6.45) is 2.52. The van der Waals surface area contributed by atoms with Gasteiger partial charge >= 0.3 is 5.97 Å². The maximum Gasteiger partial charge on any atom is 0.310 e. The summed E-state index contributed by atoms with van der Waals surface area (Å²) < 4.78 is 30.2. The number of nitrogens with zero attached hydrogens (tertiary/aromatic N) is 1. The van der Waals surface area contributed by atoms with Crippen LogP contribution < -0.4 is 0 Å². The standard InChI is InChI=1S/C19H16ClNO5S/c1-26-17(22)10-12-11-21(15-8-4-3-6-13(12)15)19(23)18-14(20)7-5-9-16(18)27(2,24)25/h3-9,11H,10H2,1-2H3. The largest absolute Gasteiger partial charge is 0.469 e. The lowest BCUT2D eigenvalue weighted by atomic mass is 10.1. The first-order chi connectivity index (χ1) is 12.7. The third-order valence-corrected chi connectivity index (χ3v) is 5.62. The van der Waals surface area contributed by atoms with E-state index in [0.717, 1.165) is 6.26 Å². The number of ether oxygens (including phenoxy) is 1. The van der Waals surface area contributed by atoms with Crippen LogP contribution in [0.5, 0.6) is 0 Å². The van der Waals surface area contributed by atoms with Gasteiger partial charge in [0.05, 0.1) is 34.5 Å². The molecule has 3 aromatic rings. The van der Waals surface area contributed by atoms with Crippen molar-refractivity contribution in [2.24, 2.45) is 0 Å². The molecule has 0 spiro atoms. The Morgan fingerprint density at radius 2 is 1.81 bits per heavy atom. The molecule has 0 aliphatic carbocycles. The van der Waals surface area contributed by atoms with Crippen molar-refractivity contribution >= 4 is 44.2 Å². The average Bonchev–Trinajstić information content (AvgIpc) is 2.99. The summed E-state index contributed by atoms with van der Waals surface area (Å²) in [5.74, 6) is -1.03. The number of hydrogen-bond donors (Lipinski definition) is 0. The van der Waals surface area contributed by atoms with Gasteiger partial charge < -0.3 is 4.74 Å². The fourth-order valence-corrected chi connectivity index (χ4v) is 4.13. The van der Waals surface area contributed by atoms with Crippen molar-refractivity contribution in [2.45, 2.75) is 11.3 Å². The van der Waals surface area contributed by atoms with E-state index >= 15 is 0 Å². The van der Waals surface area contributed by atoms with Crippen molar-refractivity contribution in [3.63, 3.8) is 0 Å². The predicted molar refractivity (Wildman–Crippen MR) is 102 cm³/mol. The summed E-state index contributed by atoms with van der Waals surface area (Å²) in [4.78, 5) is 24.8. The van der Waals surface area contributed by atoms with Gasteiger partial charge in [0.2, 0.25) is 0 Å². The third-order valence-electron chi connectivity index (χ3n) is 4.16. The van der Waals surface area contributed by atoms with Crippen LogP contribution in [0.1, 0.15) is 15.9 Å². The Morgan fingerprint density at radius 1 is 1.11 bits per heavy atom. The van der Waals surface area contributed by atoms with Gasteiger partial charge in [-0.1, -0.05) is 35.9 Å². The summed E-state index contributed by atoms with van der Waals surface area (Å²) in [6.45, 7) is 0. The van der Waals surface area contributed by atoms with E-state index in [4.69, 9.17) is 16.3 Å². The zero-order valence-corrected chi connectivity index (χ0v) is 16.2. The van der Waals surface area contributed by atoms with E-state index in [0.29, 0.717) is 16.5 Å². The number of fused-ring (bicyclic) bond motifs is 1. The number of aromatic nitrogens is 1. The van der Waals surface area contributed by atoms with Gasteiger partial charge in [0, 0.05) is 17.8 Å². The van der Waals surface area contributed by atoms with E-state index in [9.17, 15) is 18.0 Å². The van der Waals surface area contributed by atoms with Gasteiger partial charge in [-0.3, -0.25) is 14.2 Å². The first kappa shape index (κ1) is 19.1. The zero-order valence-electron chi connectivity index (χ0n) is 14.6. The minimum Gasteiger partial charge on any atom is -0.469 e. The van der Waals surface area contributed by atoms with Crippen LogP contribution in [0.25, 0.3) is 10.9 Å². The van der Waals surface area contributed by atoms with Gasteiger partial charge in [0.25, 0.3) is 5.91 Å². The first-order valence-electron chi connectivity index (χ1n) is 7.93. The minimum atomic E-state index is -3.67. The molecule has 0 fully saturated rings. The molecule has 0 aliphatic rings. The molecular weight excluding hydrogens is 390 g/mol. The van der Waals surface area contributed by atoms with Crippen LogP contribution in [0.15, 0.2) is 53.6 Å². The molecule has 0 atom stereocenters. The lowest BCUT2D eigenvalue weighted by Crippen LogP contribution is -2.16. The number of para-hydroxylation sites is 1. The Bertz CT molecular complexity index is 1160. The summed E-state index contributed by atoms with van der Waals surface area (Å²) in [5, 5.41) is 0.736. The number of esters is 1. The van der Waals surface area contributed by atoms with Gasteiger partial charge in [-0.15, -0.1) is 0 Å². The smallest absolute Gasteiger partial charge is 0.310 e. The zero-order chi connectivity index (χ0) is 19.8. The van der Waals surface area contributed by atoms with Gasteiger partial charge in [-0.05, 0) is 23.8 Å². The molecule has 0 saturated carbocycles. The number of carbonyl (C=O) groups excluding carboxylic acids is 2. The molecule has 1 heterocycles. The van der Waals surface area contributed by atoms with E-state index in [1.54, 1.807) is 24.3 Å². The number of rotatable bonds is 4. The second-order valence-corrected chi connectivity index (χ2v) is 8.38. The molecule has 0 N–H and O–H groups in total. The van der Waals surface area contributed by atoms with Crippen molar-refractivity contribution < 1.29 is 22.7 Å². The van der Waals surface area contributed by atoms with Crippen molar-refractivity contribution in [2.75, 3.05) is 13.4 Å². The molecule has 0 aliphatic heterocycles. The molecular formula is C19H16ClNO5S. The second-order valence-electron chi connectivity index (χ2n) is 5.98. The minimum absolute atomic E-state index is 0.0151. The number of carbonyl (C=O) groups is 2. The van der Waals surface area contributed by atoms with E-state index < -0.39 is 21.7 Å². The summed E-state index contributed by atoms with van der Waals surface area (Å²) in [7, 11) is -2.38. The Balaban J connectivity index is 2.23. The van der Waals surface area contributed by atoms with Gasteiger partial charge in [-0.25, -0.2) is 8.42 Å². The topological polar surface area (TPSA) is 82.4 Å². The molecule has 3 rings (SSSR count). The van der Waals surface area contributed by atoms with Crippen LogP contribution in [-0.4, -0.2) is 38.2 Å². The summed E-state index contributed by atoms with van der Waals surface area (Å²) >= 11 is 6.17. The molecule has 6 nitrogen and oxygen atoms in total. The number of hydrogen-bond acceptors (Lipinski definition) is 5. The molecule has 0 bridgehead atoms. The predicted octanol–water partition coefficient (Wildman–Crippen LogP) is 3.10. The van der Waals surface area contributed by atoms with Crippen molar-refractivity contribution in [1.82, 2.24) is 4.57 Å². The number of sulfone groups is 1. The lowest BCUT2D eigenvalue weighted by Gasteiger charge is -2.10. The van der Waals surface area contributed by atoms with Gasteiger partial charge in [0.15, 0.2) is 9.84 Å². The Morgan fingerprint density at radius 3 is 2.48 bits per heavy atom. The Labute approximate surface area is 161 Å². The molecule has 0 radical (unpaired) electrons. The van der Waals surface area contributed by atoms with Crippen LogP contribution in [0.2, 0.25) is 5.02 Å². The fourth-order valence-electron chi connectivity index (χ4n) is 2.93. The SMILES string of the molecule is COC(=O)Cc1cn(C(=O)c2c(Cl)cccc2S(C)(=O)=O)c2ccccc12. The number of halogens is 1. The van der Waals surface area contributed by atoms with Crippen molar-refractivity contribution in [3.8, 4) is 0 Å². The van der Waals surface area contributed by atoms with Crippen LogP contribution in [0.3, 0.4) is 0 Å². The third kappa shape index (κ3) is 3.61. The van der Waals surface area contributed by atoms with Crippen LogP contribution in [-0.2, 0) is 25.8 Å². The Hall–Kier alpha value is -2.64. The highest BCUT2D eigenvalue weighted by Crippen LogP contribution is 2.28. The second kappa shape index (κ2) is 7.17. The van der Waals surface area contributed by atoms with Crippen LogP contribution in [0, 0.1) is 0 Å². The van der Waals surface area contributed by atoms with E-state index in [2.05, 4.69) is 0 Å². The maximum absolute atomic E-state index is 13.2. The molecule has 0 unspecified atom stereocenters. The molecule has 1 aromatic heterocycles. The van der Waals surface area contributed by atoms with E-state index in [1.807, 2.05) is 0 Å². The van der Waals surface area contributed by atoms with E-state index in [-0.39, 0.29) is 21.9 Å². The van der Waals surface area contributed by atoms with Gasteiger partial charge in [-0.2, -0.15) is 0 Å². The number of benzene rings is 2. The number of methoxy groups -OCH3 is 1. The highest BCUT2D eigenvalue weighted by Gasteiger charge is 2.25. The normalized spacial score (nSPS) is 11.5. The molecule has 27 heavy (non-hydrogen) atoms. The van der Waals surface area contributed by atoms with Crippen LogP contribution in [0.4, 0.5) is 0 Å². The molecule has 8 heteroatoms. The van der Waals surface area contributed by atoms with Crippen molar-refractivity contribution in [1.29, 1.82) is 0 Å². The van der Waals surface area contributed by atoms with Crippen LogP contribution >= 0.6 is 11.6 Å². The monoisotopic (exact) mass is 405 g/mol. The van der Waals surface area contributed by atoms with E-state index in [1.165, 1.54) is 36.1 Å². The highest BCUT2D eigenvalue weighted by molar-refractivity contribution is 7.90. The van der Waals surface area contributed by atoms with Gasteiger partial charge in [0.1, 0.15) is 0 Å². The highest BCUT2D eigenvalue weighted by atomic mass is 35.5. The molecule has 140 valence electrons. The van der Waals surface area contributed by atoms with Crippen molar-refractivity contribution in [3.05, 3.63) is 64.8 Å². The summed E-state index contributed by atoms with van der Waals surface area (Å²) in [6, 6.07) is 11.3. The lowest BCUT2D eigenvalue weighted by molar-refractivity contribution is -0.139. The summed E-state index contributed by atoms with van der Waals surface area (Å²) in [5.41, 5.74) is 1.03. The maximum atomic E-state index is 13.2. The average molecular weight is 406 g/mol.